The van der Waals surface area contributed by atoms with Crippen molar-refractivity contribution in [2.45, 2.75) is 39.3 Å². The van der Waals surface area contributed by atoms with E-state index in [2.05, 4.69) is 22.2 Å². The third-order valence-electron chi connectivity index (χ3n) is 4.21. The van der Waals surface area contributed by atoms with Crippen LogP contribution in [0.4, 0.5) is 8.78 Å². The molecule has 3 nitrogen and oxygen atoms in total. The van der Waals surface area contributed by atoms with E-state index in [-0.39, 0.29) is 12.1 Å². The molecule has 2 heterocycles. The zero-order valence-electron chi connectivity index (χ0n) is 15.0. The van der Waals surface area contributed by atoms with Crippen LogP contribution in [-0.2, 0) is 6.42 Å². The molecule has 0 aliphatic heterocycles. The maximum atomic E-state index is 13.8. The van der Waals surface area contributed by atoms with Gasteiger partial charge in [-0.2, -0.15) is 0 Å². The summed E-state index contributed by atoms with van der Waals surface area (Å²) in [6.45, 7) is 6.07. The molecule has 0 aliphatic carbocycles. The van der Waals surface area contributed by atoms with Gasteiger partial charge in [0.1, 0.15) is 16.6 Å². The van der Waals surface area contributed by atoms with Crippen LogP contribution in [0.1, 0.15) is 36.0 Å². The zero-order chi connectivity index (χ0) is 18.7. The number of hydrogen-bond acceptors (Lipinski definition) is 4. The molecule has 0 fully saturated rings. The molecule has 136 valence electrons. The number of nitrogens with one attached hydrogen (secondary N) is 1. The van der Waals surface area contributed by atoms with Gasteiger partial charge in [-0.25, -0.2) is 13.8 Å². The van der Waals surface area contributed by atoms with E-state index in [4.69, 9.17) is 0 Å². The van der Waals surface area contributed by atoms with Crippen molar-refractivity contribution in [2.24, 2.45) is 0 Å². The minimum absolute atomic E-state index is 0.0355. The lowest BCUT2D eigenvalue weighted by Gasteiger charge is -2.20. The van der Waals surface area contributed by atoms with E-state index in [9.17, 15) is 8.78 Å². The summed E-state index contributed by atoms with van der Waals surface area (Å²) >= 11 is 1.64. The Labute approximate surface area is 156 Å². The first-order valence-corrected chi connectivity index (χ1v) is 9.33. The van der Waals surface area contributed by atoms with Crippen LogP contribution in [0.5, 0.6) is 0 Å². The minimum atomic E-state index is -0.552. The van der Waals surface area contributed by atoms with Gasteiger partial charge in [0.2, 0.25) is 0 Å². The van der Waals surface area contributed by atoms with Gasteiger partial charge in [0.05, 0.1) is 5.69 Å². The Bertz CT molecular complexity index is 880. The van der Waals surface area contributed by atoms with Crippen LogP contribution < -0.4 is 5.32 Å². The predicted molar refractivity (Wildman–Crippen MR) is 101 cm³/mol. The first kappa shape index (κ1) is 18.6. The molecule has 6 heteroatoms. The van der Waals surface area contributed by atoms with Crippen molar-refractivity contribution in [3.8, 4) is 10.6 Å². The number of aryl methyl sites for hydroxylation is 1. The molecule has 2 atom stereocenters. The van der Waals surface area contributed by atoms with Gasteiger partial charge in [-0.05, 0) is 51.0 Å². The second-order valence-corrected chi connectivity index (χ2v) is 7.47. The van der Waals surface area contributed by atoms with E-state index in [1.807, 2.05) is 26.0 Å². The van der Waals surface area contributed by atoms with Gasteiger partial charge < -0.3 is 5.32 Å². The van der Waals surface area contributed by atoms with Crippen molar-refractivity contribution in [1.29, 1.82) is 0 Å². The number of aromatic nitrogens is 2. The Kier molecular flexibility index (Phi) is 5.74. The average Bonchev–Trinajstić information content (AvgIpc) is 3.00. The standard InChI is InChI=1S/C20H21F2N3S/c1-12(9-15-6-7-17(21)10-18(15)22)24-13(2)19-14(3)25-20(26-19)16-5-4-8-23-11-16/h4-8,10-13,24H,9H2,1-3H3. The maximum Gasteiger partial charge on any atom is 0.129 e. The normalized spacial score (nSPS) is 13.6. The fourth-order valence-corrected chi connectivity index (χ4v) is 4.07. The molecule has 0 spiro atoms. The Morgan fingerprint density at radius 2 is 2.00 bits per heavy atom. The molecule has 1 N–H and O–H groups in total. The second kappa shape index (κ2) is 8.01. The van der Waals surface area contributed by atoms with Crippen molar-refractivity contribution in [3.63, 3.8) is 0 Å². The van der Waals surface area contributed by atoms with Gasteiger partial charge in [-0.1, -0.05) is 6.07 Å². The summed E-state index contributed by atoms with van der Waals surface area (Å²) in [6, 6.07) is 7.73. The Balaban J connectivity index is 1.69. The first-order valence-electron chi connectivity index (χ1n) is 8.51. The van der Waals surface area contributed by atoms with Gasteiger partial charge in [-0.3, -0.25) is 4.98 Å². The van der Waals surface area contributed by atoms with Gasteiger partial charge in [0.25, 0.3) is 0 Å². The van der Waals surface area contributed by atoms with Crippen molar-refractivity contribution in [2.75, 3.05) is 0 Å². The molecule has 0 radical (unpaired) electrons. The summed E-state index contributed by atoms with van der Waals surface area (Å²) in [7, 11) is 0. The quantitative estimate of drug-likeness (QED) is 0.655. The highest BCUT2D eigenvalue weighted by Gasteiger charge is 2.18. The van der Waals surface area contributed by atoms with Crippen molar-refractivity contribution in [1.82, 2.24) is 15.3 Å². The first-order chi connectivity index (χ1) is 12.4. The molecule has 2 unspecified atom stereocenters. The molecule has 26 heavy (non-hydrogen) atoms. The van der Waals surface area contributed by atoms with Crippen LogP contribution in [0.2, 0.25) is 0 Å². The van der Waals surface area contributed by atoms with E-state index >= 15 is 0 Å². The molecule has 0 amide bonds. The van der Waals surface area contributed by atoms with Crippen LogP contribution in [0.25, 0.3) is 10.6 Å². The molecular formula is C20H21F2N3S. The molecule has 3 aromatic rings. The molecule has 3 rings (SSSR count). The van der Waals surface area contributed by atoms with Crippen molar-refractivity contribution >= 4 is 11.3 Å². The second-order valence-electron chi connectivity index (χ2n) is 6.44. The van der Waals surface area contributed by atoms with Crippen LogP contribution >= 0.6 is 11.3 Å². The fourth-order valence-electron chi connectivity index (χ4n) is 3.00. The number of halogens is 2. The fraction of sp³-hybridized carbons (Fsp3) is 0.300. The molecule has 1 aromatic carbocycles. The lowest BCUT2D eigenvalue weighted by molar-refractivity contribution is 0.470. The average molecular weight is 373 g/mol. The van der Waals surface area contributed by atoms with Gasteiger partial charge in [-0.15, -0.1) is 11.3 Å². The summed E-state index contributed by atoms with van der Waals surface area (Å²) in [5, 5.41) is 4.43. The largest absolute Gasteiger partial charge is 0.307 e. The van der Waals surface area contributed by atoms with Crippen molar-refractivity contribution < 1.29 is 8.78 Å². The molecule has 2 aromatic heterocycles. The minimum Gasteiger partial charge on any atom is -0.307 e. The number of hydrogen-bond donors (Lipinski definition) is 1. The summed E-state index contributed by atoms with van der Waals surface area (Å²) in [5.74, 6) is -1.05. The number of rotatable bonds is 6. The van der Waals surface area contributed by atoms with Gasteiger partial charge >= 0.3 is 0 Å². The highest BCUT2D eigenvalue weighted by atomic mass is 32.1. The smallest absolute Gasteiger partial charge is 0.129 e. The third kappa shape index (κ3) is 4.31. The van der Waals surface area contributed by atoms with Crippen LogP contribution in [-0.4, -0.2) is 16.0 Å². The topological polar surface area (TPSA) is 37.8 Å². The highest BCUT2D eigenvalue weighted by molar-refractivity contribution is 7.15. The molecule has 0 aliphatic rings. The van der Waals surface area contributed by atoms with E-state index in [1.165, 1.54) is 12.1 Å². The van der Waals surface area contributed by atoms with Gasteiger partial charge in [0.15, 0.2) is 0 Å². The molecule has 0 saturated heterocycles. The highest BCUT2D eigenvalue weighted by Crippen LogP contribution is 2.31. The number of benzene rings is 1. The summed E-state index contributed by atoms with van der Waals surface area (Å²) < 4.78 is 26.9. The van der Waals surface area contributed by atoms with E-state index in [1.54, 1.807) is 23.7 Å². The molecular weight excluding hydrogens is 352 g/mol. The number of pyridine rings is 1. The maximum absolute atomic E-state index is 13.8. The van der Waals surface area contributed by atoms with Crippen LogP contribution in [0.15, 0.2) is 42.7 Å². The molecule has 0 saturated carbocycles. The lowest BCUT2D eigenvalue weighted by atomic mass is 10.1. The molecule has 0 bridgehead atoms. The number of thiazole rings is 1. The number of nitrogens with zero attached hydrogens (tertiary/aromatic N) is 2. The Morgan fingerprint density at radius 3 is 2.69 bits per heavy atom. The monoisotopic (exact) mass is 373 g/mol. The van der Waals surface area contributed by atoms with Crippen LogP contribution in [0.3, 0.4) is 0 Å². The summed E-state index contributed by atoms with van der Waals surface area (Å²) in [6.07, 6.45) is 4.04. The predicted octanol–water partition coefficient (Wildman–Crippen LogP) is 5.07. The summed E-state index contributed by atoms with van der Waals surface area (Å²) in [5.41, 5.74) is 2.49. The van der Waals surface area contributed by atoms with Crippen LogP contribution in [0, 0.1) is 18.6 Å². The van der Waals surface area contributed by atoms with Crippen molar-refractivity contribution in [3.05, 3.63) is 70.5 Å². The van der Waals surface area contributed by atoms with E-state index in [0.717, 1.165) is 27.2 Å². The Hall–Kier alpha value is -2.18. The lowest BCUT2D eigenvalue weighted by Crippen LogP contribution is -2.31. The Morgan fingerprint density at radius 1 is 1.19 bits per heavy atom. The van der Waals surface area contributed by atoms with E-state index < -0.39 is 11.6 Å². The third-order valence-corrected chi connectivity index (χ3v) is 5.60. The SMILES string of the molecule is Cc1nc(-c2cccnc2)sc1C(C)NC(C)Cc1ccc(F)cc1F. The summed E-state index contributed by atoms with van der Waals surface area (Å²) in [4.78, 5) is 9.95. The zero-order valence-corrected chi connectivity index (χ0v) is 15.8. The van der Waals surface area contributed by atoms with Gasteiger partial charge in [0, 0.05) is 41.0 Å². The van der Waals surface area contributed by atoms with E-state index in [0.29, 0.717) is 12.0 Å².